The van der Waals surface area contributed by atoms with Gasteiger partial charge in [-0.25, -0.2) is 17.1 Å². The van der Waals surface area contributed by atoms with E-state index in [4.69, 9.17) is 0 Å². The molecule has 10 heteroatoms. The van der Waals surface area contributed by atoms with E-state index in [1.54, 1.807) is 18.2 Å². The van der Waals surface area contributed by atoms with Gasteiger partial charge in [-0.05, 0) is 35.9 Å². The molecule has 0 aromatic heterocycles. The fourth-order valence-electron chi connectivity index (χ4n) is 2.73. The van der Waals surface area contributed by atoms with Crippen LogP contribution in [0.2, 0.25) is 0 Å². The van der Waals surface area contributed by atoms with E-state index >= 15 is 0 Å². The van der Waals surface area contributed by atoms with Crippen molar-refractivity contribution in [3.05, 3.63) is 53.8 Å². The van der Waals surface area contributed by atoms with Gasteiger partial charge in [0.15, 0.2) is 0 Å². The molecule has 1 aliphatic rings. The van der Waals surface area contributed by atoms with Crippen LogP contribution in [0.5, 0.6) is 0 Å². The molecule has 7 nitrogen and oxygen atoms in total. The van der Waals surface area contributed by atoms with Crippen molar-refractivity contribution >= 4 is 39.3 Å². The third-order valence-electron chi connectivity index (χ3n) is 4.36. The predicted molar refractivity (Wildman–Crippen MR) is 109 cm³/mol. The van der Waals surface area contributed by atoms with Crippen LogP contribution < -0.4 is 10.2 Å². The summed E-state index contributed by atoms with van der Waals surface area (Å²) in [5, 5.41) is 2.69. The minimum Gasteiger partial charge on any atom is -0.350 e. The molecular formula is C19H20FN3O4S2. The van der Waals surface area contributed by atoms with Gasteiger partial charge in [0.2, 0.25) is 21.8 Å². The summed E-state index contributed by atoms with van der Waals surface area (Å²) in [5.41, 5.74) is 1.12. The lowest BCUT2D eigenvalue weighted by molar-refractivity contribution is -0.123. The Hall–Kier alpha value is -2.43. The first-order valence-electron chi connectivity index (χ1n) is 8.69. The van der Waals surface area contributed by atoms with Gasteiger partial charge in [0.05, 0.1) is 16.3 Å². The Morgan fingerprint density at radius 1 is 1.21 bits per heavy atom. The summed E-state index contributed by atoms with van der Waals surface area (Å²) in [6.45, 7) is -0.0448. The van der Waals surface area contributed by atoms with E-state index < -0.39 is 15.9 Å². The highest BCUT2D eigenvalue weighted by atomic mass is 32.2. The zero-order valence-electron chi connectivity index (χ0n) is 15.9. The zero-order valence-corrected chi connectivity index (χ0v) is 17.5. The van der Waals surface area contributed by atoms with Crippen LogP contribution in [-0.2, 0) is 26.2 Å². The average molecular weight is 438 g/mol. The van der Waals surface area contributed by atoms with Gasteiger partial charge in [0, 0.05) is 25.5 Å². The lowest BCUT2D eigenvalue weighted by Gasteiger charge is -2.29. The largest absolute Gasteiger partial charge is 0.350 e. The molecule has 29 heavy (non-hydrogen) atoms. The average Bonchev–Trinajstić information content (AvgIpc) is 2.69. The third-order valence-corrected chi connectivity index (χ3v) is 7.22. The van der Waals surface area contributed by atoms with E-state index in [-0.39, 0.29) is 35.5 Å². The Bertz CT molecular complexity index is 1040. The molecule has 2 aromatic carbocycles. The van der Waals surface area contributed by atoms with Crippen molar-refractivity contribution in [2.24, 2.45) is 0 Å². The first-order valence-corrected chi connectivity index (χ1v) is 11.1. The van der Waals surface area contributed by atoms with E-state index in [0.29, 0.717) is 5.69 Å². The topological polar surface area (TPSA) is 86.8 Å². The summed E-state index contributed by atoms with van der Waals surface area (Å²) in [5.74, 6) is -0.880. The number of hydrogen-bond acceptors (Lipinski definition) is 5. The van der Waals surface area contributed by atoms with Gasteiger partial charge in [0.25, 0.3) is 0 Å². The number of fused-ring (bicyclic) bond motifs is 1. The molecule has 1 aliphatic heterocycles. The number of benzene rings is 2. The van der Waals surface area contributed by atoms with Crippen LogP contribution in [0.4, 0.5) is 10.1 Å². The van der Waals surface area contributed by atoms with Gasteiger partial charge < -0.3 is 10.2 Å². The maximum absolute atomic E-state index is 13.0. The highest BCUT2D eigenvalue weighted by molar-refractivity contribution is 8.00. The van der Waals surface area contributed by atoms with E-state index in [1.807, 2.05) is 0 Å². The van der Waals surface area contributed by atoms with Gasteiger partial charge in [-0.1, -0.05) is 12.1 Å². The number of carbonyl (C=O) groups is 2. The number of anilines is 1. The molecule has 1 N–H and O–H groups in total. The predicted octanol–water partition coefficient (Wildman–Crippen LogP) is 1.83. The zero-order chi connectivity index (χ0) is 21.2. The van der Waals surface area contributed by atoms with E-state index in [1.165, 1.54) is 55.0 Å². The SMILES string of the molecule is CN(C)S(=O)(=O)c1ccc2c(c1)N(CC(=O)NCc1ccc(F)cc1)C(=O)CS2. The molecular weight excluding hydrogens is 417 g/mol. The normalized spacial score (nSPS) is 14.1. The lowest BCUT2D eigenvalue weighted by atomic mass is 10.2. The minimum absolute atomic E-state index is 0.0493. The molecule has 154 valence electrons. The molecule has 0 fully saturated rings. The molecule has 2 amide bonds. The number of carbonyl (C=O) groups excluding carboxylic acids is 2. The molecule has 0 saturated heterocycles. The molecule has 2 aromatic rings. The number of thioether (sulfide) groups is 1. The first kappa shape index (κ1) is 21.3. The number of rotatable bonds is 6. The Kier molecular flexibility index (Phi) is 6.25. The second kappa shape index (κ2) is 8.52. The summed E-state index contributed by atoms with van der Waals surface area (Å²) in [7, 11) is -0.823. The quantitative estimate of drug-likeness (QED) is 0.745. The van der Waals surface area contributed by atoms with Crippen LogP contribution in [0.3, 0.4) is 0 Å². The Morgan fingerprint density at radius 3 is 2.55 bits per heavy atom. The van der Waals surface area contributed by atoms with Crippen molar-refractivity contribution in [1.29, 1.82) is 0 Å². The molecule has 0 atom stereocenters. The monoisotopic (exact) mass is 437 g/mol. The summed E-state index contributed by atoms with van der Waals surface area (Å²) >= 11 is 1.30. The fraction of sp³-hybridized carbons (Fsp3) is 0.263. The van der Waals surface area contributed by atoms with Crippen LogP contribution in [0.1, 0.15) is 5.56 Å². The van der Waals surface area contributed by atoms with Gasteiger partial charge in [0.1, 0.15) is 12.4 Å². The molecule has 0 aliphatic carbocycles. The molecule has 0 radical (unpaired) electrons. The third kappa shape index (κ3) is 4.77. The number of hydrogen-bond donors (Lipinski definition) is 1. The van der Waals surface area contributed by atoms with Gasteiger partial charge in [-0.2, -0.15) is 0 Å². The van der Waals surface area contributed by atoms with Crippen LogP contribution in [0.25, 0.3) is 0 Å². The lowest BCUT2D eigenvalue weighted by Crippen LogP contribution is -2.43. The van der Waals surface area contributed by atoms with Crippen LogP contribution >= 0.6 is 11.8 Å². The fourth-order valence-corrected chi connectivity index (χ4v) is 4.57. The molecule has 0 unspecified atom stereocenters. The van der Waals surface area contributed by atoms with Crippen LogP contribution in [-0.4, -0.2) is 50.9 Å². The maximum Gasteiger partial charge on any atom is 0.242 e. The number of halogens is 1. The van der Waals surface area contributed by atoms with E-state index in [0.717, 1.165) is 14.8 Å². The van der Waals surface area contributed by atoms with Crippen molar-refractivity contribution in [2.45, 2.75) is 16.3 Å². The molecule has 0 saturated carbocycles. The van der Waals surface area contributed by atoms with Crippen molar-refractivity contribution in [1.82, 2.24) is 9.62 Å². The van der Waals surface area contributed by atoms with Gasteiger partial charge >= 0.3 is 0 Å². The summed E-state index contributed by atoms with van der Waals surface area (Å²) in [4.78, 5) is 26.9. The van der Waals surface area contributed by atoms with E-state index in [2.05, 4.69) is 5.32 Å². The van der Waals surface area contributed by atoms with Crippen molar-refractivity contribution in [2.75, 3.05) is 31.3 Å². The second-order valence-electron chi connectivity index (χ2n) is 6.59. The number of amides is 2. The molecule has 1 heterocycles. The van der Waals surface area contributed by atoms with Gasteiger partial charge in [-0.15, -0.1) is 11.8 Å². The Morgan fingerprint density at radius 2 is 1.90 bits per heavy atom. The number of nitrogens with zero attached hydrogens (tertiary/aromatic N) is 2. The smallest absolute Gasteiger partial charge is 0.242 e. The first-order chi connectivity index (χ1) is 13.7. The van der Waals surface area contributed by atoms with Crippen molar-refractivity contribution in [3.8, 4) is 0 Å². The highest BCUT2D eigenvalue weighted by Crippen LogP contribution is 2.37. The summed E-state index contributed by atoms with van der Waals surface area (Å²) in [6.07, 6.45) is 0. The van der Waals surface area contributed by atoms with E-state index in [9.17, 15) is 22.4 Å². The summed E-state index contributed by atoms with van der Waals surface area (Å²) in [6, 6.07) is 10.3. The molecule has 0 bridgehead atoms. The second-order valence-corrected chi connectivity index (χ2v) is 9.76. The minimum atomic E-state index is -3.67. The van der Waals surface area contributed by atoms with Crippen LogP contribution in [0, 0.1) is 5.82 Å². The molecule has 0 spiro atoms. The number of sulfonamides is 1. The standard InChI is InChI=1S/C19H20FN3O4S2/c1-22(2)29(26,27)15-7-8-17-16(9-15)23(19(25)12-28-17)11-18(24)21-10-13-3-5-14(20)6-4-13/h3-9H,10-12H2,1-2H3,(H,21,24). The summed E-state index contributed by atoms with van der Waals surface area (Å²) < 4.78 is 38.9. The molecule has 3 rings (SSSR count). The van der Waals surface area contributed by atoms with Crippen molar-refractivity contribution < 1.29 is 22.4 Å². The highest BCUT2D eigenvalue weighted by Gasteiger charge is 2.29. The Labute approximate surface area is 172 Å². The maximum atomic E-state index is 13.0. The number of nitrogens with one attached hydrogen (secondary N) is 1. The van der Waals surface area contributed by atoms with Gasteiger partial charge in [-0.3, -0.25) is 9.59 Å². The van der Waals surface area contributed by atoms with Crippen molar-refractivity contribution in [3.63, 3.8) is 0 Å². The Balaban J connectivity index is 1.78. The van der Waals surface area contributed by atoms with Crippen LogP contribution in [0.15, 0.2) is 52.3 Å².